The fourth-order valence-corrected chi connectivity index (χ4v) is 3.65. The maximum atomic E-state index is 12.2. The molecule has 1 amide bonds. The van der Waals surface area contributed by atoms with E-state index < -0.39 is 0 Å². The highest BCUT2D eigenvalue weighted by Crippen LogP contribution is 2.24. The molecule has 1 aliphatic rings. The highest BCUT2D eigenvalue weighted by atomic mass is 16.2. The summed E-state index contributed by atoms with van der Waals surface area (Å²) in [5.74, 6) is 2.85. The van der Waals surface area contributed by atoms with E-state index in [2.05, 4.69) is 15.1 Å². The van der Waals surface area contributed by atoms with Crippen molar-refractivity contribution in [1.29, 1.82) is 0 Å². The van der Waals surface area contributed by atoms with Gasteiger partial charge in [-0.2, -0.15) is 4.52 Å². The number of imidazole rings is 1. The van der Waals surface area contributed by atoms with E-state index in [1.54, 1.807) is 15.6 Å². The first-order chi connectivity index (χ1) is 14.6. The van der Waals surface area contributed by atoms with Crippen LogP contribution in [0.5, 0.6) is 0 Å². The van der Waals surface area contributed by atoms with Crippen LogP contribution >= 0.6 is 0 Å². The molecule has 0 N–H and O–H groups in total. The molecule has 30 heavy (non-hydrogen) atoms. The summed E-state index contributed by atoms with van der Waals surface area (Å²) in [5.41, 5.74) is 2.73. The number of para-hydroxylation sites is 1. The lowest BCUT2D eigenvalue weighted by Gasteiger charge is -2.10. The number of carbonyl (C=O) groups is 1. The van der Waals surface area contributed by atoms with Crippen LogP contribution in [0.4, 0.5) is 5.82 Å². The molecule has 0 unspecified atom stereocenters. The predicted molar refractivity (Wildman–Crippen MR) is 114 cm³/mol. The minimum absolute atomic E-state index is 0.115. The van der Waals surface area contributed by atoms with Crippen LogP contribution in [0.25, 0.3) is 23.5 Å². The van der Waals surface area contributed by atoms with Gasteiger partial charge < -0.3 is 0 Å². The van der Waals surface area contributed by atoms with Crippen LogP contribution in [0.15, 0.2) is 42.7 Å². The van der Waals surface area contributed by atoms with Crippen LogP contribution in [-0.2, 0) is 4.79 Å². The standard InChI is InChI=1S/C22H21N7O/c1-15-13-23-16(2)29-22(15)24-18(26-29)10-11-19-25-20(27-12-6-9-21(27)30)14-28(19)17-7-4-3-5-8-17/h3-5,7-8,10-11,13-14H,6,9,12H2,1-2H3/b11-10+. The molecule has 1 aliphatic heterocycles. The molecule has 0 aliphatic carbocycles. The average Bonchev–Trinajstić information content (AvgIpc) is 3.48. The van der Waals surface area contributed by atoms with E-state index in [-0.39, 0.29) is 5.91 Å². The number of benzene rings is 1. The van der Waals surface area contributed by atoms with Gasteiger partial charge in [-0.05, 0) is 44.6 Å². The molecule has 0 atom stereocenters. The number of anilines is 1. The second-order valence-electron chi connectivity index (χ2n) is 7.34. The van der Waals surface area contributed by atoms with Crippen molar-refractivity contribution in [3.05, 3.63) is 65.8 Å². The van der Waals surface area contributed by atoms with Crippen LogP contribution in [0.3, 0.4) is 0 Å². The minimum atomic E-state index is 0.115. The molecule has 1 fully saturated rings. The molecule has 1 aromatic carbocycles. The van der Waals surface area contributed by atoms with Gasteiger partial charge in [0.1, 0.15) is 11.6 Å². The number of aromatic nitrogens is 6. The van der Waals surface area contributed by atoms with Crippen LogP contribution in [0.2, 0.25) is 0 Å². The maximum Gasteiger partial charge on any atom is 0.228 e. The lowest BCUT2D eigenvalue weighted by Crippen LogP contribution is -2.23. The molecule has 8 heteroatoms. The Morgan fingerprint density at radius 3 is 2.63 bits per heavy atom. The third-order valence-electron chi connectivity index (χ3n) is 5.21. The molecule has 0 radical (unpaired) electrons. The summed E-state index contributed by atoms with van der Waals surface area (Å²) in [5, 5.41) is 4.54. The molecule has 8 nitrogen and oxygen atoms in total. The van der Waals surface area contributed by atoms with E-state index >= 15 is 0 Å². The summed E-state index contributed by atoms with van der Waals surface area (Å²) in [6.07, 6.45) is 8.86. The zero-order chi connectivity index (χ0) is 20.7. The van der Waals surface area contributed by atoms with Crippen molar-refractivity contribution in [3.8, 4) is 5.69 Å². The van der Waals surface area contributed by atoms with Crippen LogP contribution in [0.1, 0.15) is 35.9 Å². The van der Waals surface area contributed by atoms with Crippen LogP contribution in [-0.4, -0.2) is 41.6 Å². The van der Waals surface area contributed by atoms with Crippen LogP contribution < -0.4 is 4.90 Å². The molecular formula is C22H21N7O. The van der Waals surface area contributed by atoms with Gasteiger partial charge >= 0.3 is 0 Å². The number of nitrogens with zero attached hydrogens (tertiary/aromatic N) is 7. The zero-order valence-corrected chi connectivity index (χ0v) is 16.9. The van der Waals surface area contributed by atoms with Gasteiger partial charge in [-0.3, -0.25) is 14.3 Å². The molecule has 0 saturated carbocycles. The first kappa shape index (κ1) is 18.2. The second kappa shape index (κ2) is 7.22. The summed E-state index contributed by atoms with van der Waals surface area (Å²) in [6.45, 7) is 4.56. The van der Waals surface area contributed by atoms with Crippen molar-refractivity contribution in [2.45, 2.75) is 26.7 Å². The molecule has 150 valence electrons. The van der Waals surface area contributed by atoms with Gasteiger partial charge in [-0.15, -0.1) is 5.10 Å². The number of hydrogen-bond acceptors (Lipinski definition) is 5. The van der Waals surface area contributed by atoms with Gasteiger partial charge in [-0.25, -0.2) is 15.0 Å². The van der Waals surface area contributed by atoms with Crippen molar-refractivity contribution in [3.63, 3.8) is 0 Å². The van der Waals surface area contributed by atoms with Crippen molar-refractivity contribution in [2.24, 2.45) is 0 Å². The Hall–Kier alpha value is -3.81. The summed E-state index contributed by atoms with van der Waals surface area (Å²) < 4.78 is 3.72. The Morgan fingerprint density at radius 1 is 1.07 bits per heavy atom. The SMILES string of the molecule is Cc1cnc(C)n2nc(/C=C/c3nc(N4CCCC4=O)cn3-c3ccccc3)nc12. The number of fused-ring (bicyclic) bond motifs is 1. The van der Waals surface area contributed by atoms with Crippen molar-refractivity contribution < 1.29 is 4.79 Å². The third kappa shape index (κ3) is 3.16. The summed E-state index contributed by atoms with van der Waals surface area (Å²) in [7, 11) is 0. The first-order valence-corrected chi connectivity index (χ1v) is 9.92. The van der Waals surface area contributed by atoms with E-state index in [0.717, 1.165) is 29.1 Å². The van der Waals surface area contributed by atoms with E-state index in [9.17, 15) is 4.79 Å². The molecular weight excluding hydrogens is 378 g/mol. The van der Waals surface area contributed by atoms with Crippen molar-refractivity contribution in [1.82, 2.24) is 29.1 Å². The lowest BCUT2D eigenvalue weighted by atomic mass is 10.3. The fourth-order valence-electron chi connectivity index (χ4n) is 3.65. The number of carbonyl (C=O) groups excluding carboxylic acids is 1. The summed E-state index contributed by atoms with van der Waals surface area (Å²) in [6, 6.07) is 9.95. The highest BCUT2D eigenvalue weighted by Gasteiger charge is 2.24. The number of amides is 1. The van der Waals surface area contributed by atoms with E-state index in [1.165, 1.54) is 0 Å². The van der Waals surface area contributed by atoms with E-state index in [4.69, 9.17) is 4.98 Å². The lowest BCUT2D eigenvalue weighted by molar-refractivity contribution is -0.117. The quantitative estimate of drug-likeness (QED) is 0.526. The van der Waals surface area contributed by atoms with Gasteiger partial charge in [0.15, 0.2) is 17.3 Å². The third-order valence-corrected chi connectivity index (χ3v) is 5.21. The van der Waals surface area contributed by atoms with Crippen molar-refractivity contribution in [2.75, 3.05) is 11.4 Å². The Balaban J connectivity index is 1.56. The number of rotatable bonds is 4. The molecule has 4 aromatic rings. The molecule has 0 bridgehead atoms. The Bertz CT molecular complexity index is 1230. The number of aryl methyl sites for hydroxylation is 2. The Kier molecular flexibility index (Phi) is 4.39. The minimum Gasteiger partial charge on any atom is -0.298 e. The number of hydrogen-bond donors (Lipinski definition) is 0. The molecule has 5 rings (SSSR count). The molecule has 1 saturated heterocycles. The van der Waals surface area contributed by atoms with Gasteiger partial charge in [0.25, 0.3) is 0 Å². The highest BCUT2D eigenvalue weighted by molar-refractivity contribution is 5.94. The molecule has 4 heterocycles. The average molecular weight is 399 g/mol. The van der Waals surface area contributed by atoms with Gasteiger partial charge in [-0.1, -0.05) is 18.2 Å². The second-order valence-corrected chi connectivity index (χ2v) is 7.34. The first-order valence-electron chi connectivity index (χ1n) is 9.92. The van der Waals surface area contributed by atoms with E-state index in [0.29, 0.717) is 30.4 Å². The van der Waals surface area contributed by atoms with E-state index in [1.807, 2.05) is 67.1 Å². The predicted octanol–water partition coefficient (Wildman–Crippen LogP) is 3.22. The smallest absolute Gasteiger partial charge is 0.228 e. The summed E-state index contributed by atoms with van der Waals surface area (Å²) >= 11 is 0. The maximum absolute atomic E-state index is 12.2. The molecule has 0 spiro atoms. The molecule has 3 aromatic heterocycles. The van der Waals surface area contributed by atoms with Gasteiger partial charge in [0.05, 0.1) is 6.20 Å². The normalized spacial score (nSPS) is 14.5. The van der Waals surface area contributed by atoms with Crippen molar-refractivity contribution >= 4 is 29.5 Å². The zero-order valence-electron chi connectivity index (χ0n) is 16.9. The van der Waals surface area contributed by atoms with Gasteiger partial charge in [0.2, 0.25) is 5.91 Å². The Morgan fingerprint density at radius 2 is 1.90 bits per heavy atom. The van der Waals surface area contributed by atoms with Crippen LogP contribution in [0, 0.1) is 13.8 Å². The topological polar surface area (TPSA) is 81.2 Å². The Labute approximate surface area is 173 Å². The fraction of sp³-hybridized carbons (Fsp3) is 0.227. The monoisotopic (exact) mass is 399 g/mol. The summed E-state index contributed by atoms with van der Waals surface area (Å²) in [4.78, 5) is 27.6. The van der Waals surface area contributed by atoms with Gasteiger partial charge in [0, 0.05) is 30.4 Å². The largest absolute Gasteiger partial charge is 0.298 e.